The van der Waals surface area contributed by atoms with Gasteiger partial charge in [-0.3, -0.25) is 0 Å². The number of likely N-dealkylation sites (N-methyl/N-ethyl adjacent to an activating group) is 1. The highest BCUT2D eigenvalue weighted by Gasteiger charge is 2.60. The summed E-state index contributed by atoms with van der Waals surface area (Å²) >= 11 is 0. The third-order valence-electron chi connectivity index (χ3n) is 5.30. The number of fused-ring (bicyclic) bond motifs is 1. The first-order chi connectivity index (χ1) is 9.73. The minimum absolute atomic E-state index is 0.425. The molecule has 3 atom stereocenters. The SMILES string of the molecule is CCN1CC2CC2(c2ccc(N3CCOC3O)cc2)C1. The van der Waals surface area contributed by atoms with E-state index in [0.29, 0.717) is 12.0 Å². The number of rotatable bonds is 3. The molecule has 0 amide bonds. The van der Waals surface area contributed by atoms with E-state index in [1.807, 2.05) is 4.90 Å². The molecule has 0 bridgehead atoms. The molecule has 0 radical (unpaired) electrons. The van der Waals surface area contributed by atoms with Gasteiger partial charge in [-0.05, 0) is 36.6 Å². The van der Waals surface area contributed by atoms with E-state index in [1.54, 1.807) is 0 Å². The Kier molecular flexibility index (Phi) is 2.81. The Morgan fingerprint density at radius 3 is 2.75 bits per heavy atom. The molecule has 2 saturated heterocycles. The molecule has 1 N–H and O–H groups in total. The summed E-state index contributed by atoms with van der Waals surface area (Å²) < 4.78 is 5.18. The Morgan fingerprint density at radius 2 is 2.15 bits per heavy atom. The van der Waals surface area contributed by atoms with Crippen LogP contribution in [0.25, 0.3) is 0 Å². The summed E-state index contributed by atoms with van der Waals surface area (Å²) in [4.78, 5) is 4.46. The molecular weight excluding hydrogens is 252 g/mol. The van der Waals surface area contributed by atoms with Crippen LogP contribution in [0.3, 0.4) is 0 Å². The van der Waals surface area contributed by atoms with Gasteiger partial charge >= 0.3 is 0 Å². The number of nitrogens with zero attached hydrogens (tertiary/aromatic N) is 2. The van der Waals surface area contributed by atoms with Crippen LogP contribution in [0.1, 0.15) is 18.9 Å². The van der Waals surface area contributed by atoms with Crippen molar-refractivity contribution in [3.63, 3.8) is 0 Å². The predicted molar refractivity (Wildman–Crippen MR) is 77.6 cm³/mol. The van der Waals surface area contributed by atoms with Gasteiger partial charge in [-0.1, -0.05) is 19.1 Å². The van der Waals surface area contributed by atoms with Crippen molar-refractivity contribution in [2.45, 2.75) is 25.2 Å². The maximum atomic E-state index is 9.75. The number of likely N-dealkylation sites (tertiary alicyclic amines) is 1. The van der Waals surface area contributed by atoms with Crippen LogP contribution in [0.2, 0.25) is 0 Å². The maximum Gasteiger partial charge on any atom is 0.238 e. The Hall–Kier alpha value is -1.10. The van der Waals surface area contributed by atoms with E-state index in [4.69, 9.17) is 4.74 Å². The molecule has 108 valence electrons. The summed E-state index contributed by atoms with van der Waals surface area (Å²) in [5, 5.41) is 9.75. The van der Waals surface area contributed by atoms with Gasteiger partial charge in [-0.15, -0.1) is 0 Å². The van der Waals surface area contributed by atoms with Crippen LogP contribution in [-0.4, -0.2) is 49.2 Å². The summed E-state index contributed by atoms with van der Waals surface area (Å²) in [6.45, 7) is 7.24. The van der Waals surface area contributed by atoms with Crippen molar-refractivity contribution in [2.24, 2.45) is 5.92 Å². The average Bonchev–Trinajstić information content (AvgIpc) is 2.84. The van der Waals surface area contributed by atoms with E-state index in [2.05, 4.69) is 36.1 Å². The van der Waals surface area contributed by atoms with E-state index >= 15 is 0 Å². The minimum Gasteiger partial charge on any atom is -0.351 e. The molecule has 2 heterocycles. The molecule has 2 aliphatic heterocycles. The van der Waals surface area contributed by atoms with Gasteiger partial charge in [0.1, 0.15) is 0 Å². The number of hydrogen-bond donors (Lipinski definition) is 1. The molecule has 0 aromatic heterocycles. The lowest BCUT2D eigenvalue weighted by Gasteiger charge is -2.22. The lowest BCUT2D eigenvalue weighted by Crippen LogP contribution is -2.29. The third kappa shape index (κ3) is 1.79. The molecule has 4 rings (SSSR count). The second-order valence-corrected chi connectivity index (χ2v) is 6.32. The monoisotopic (exact) mass is 274 g/mol. The van der Waals surface area contributed by atoms with Crippen molar-refractivity contribution in [3.05, 3.63) is 29.8 Å². The zero-order valence-corrected chi connectivity index (χ0v) is 12.0. The van der Waals surface area contributed by atoms with E-state index in [9.17, 15) is 5.11 Å². The molecule has 1 saturated carbocycles. The van der Waals surface area contributed by atoms with E-state index in [1.165, 1.54) is 25.1 Å². The second-order valence-electron chi connectivity index (χ2n) is 6.32. The molecule has 1 aliphatic carbocycles. The smallest absolute Gasteiger partial charge is 0.238 e. The van der Waals surface area contributed by atoms with Crippen LogP contribution in [0.5, 0.6) is 0 Å². The molecule has 3 aliphatic rings. The molecular formula is C16H22N2O2. The number of anilines is 1. The summed E-state index contributed by atoms with van der Waals surface area (Å²) in [6, 6.07) is 8.76. The van der Waals surface area contributed by atoms with E-state index in [0.717, 1.165) is 24.7 Å². The fourth-order valence-electron chi connectivity index (χ4n) is 3.97. The normalized spacial score (nSPS) is 36.4. The predicted octanol–water partition coefficient (Wildman–Crippen LogP) is 1.39. The highest BCUT2D eigenvalue weighted by molar-refractivity contribution is 5.51. The summed E-state index contributed by atoms with van der Waals surface area (Å²) in [5.41, 5.74) is 2.95. The number of ether oxygens (including phenoxy) is 1. The van der Waals surface area contributed by atoms with Crippen LogP contribution in [0.15, 0.2) is 24.3 Å². The number of aliphatic hydroxyl groups is 1. The van der Waals surface area contributed by atoms with Crippen molar-refractivity contribution < 1.29 is 9.84 Å². The first-order valence-corrected chi connectivity index (χ1v) is 7.62. The van der Waals surface area contributed by atoms with Crippen molar-refractivity contribution >= 4 is 5.69 Å². The zero-order valence-electron chi connectivity index (χ0n) is 12.0. The van der Waals surface area contributed by atoms with Gasteiger partial charge in [0.05, 0.1) is 6.61 Å². The molecule has 20 heavy (non-hydrogen) atoms. The fraction of sp³-hybridized carbons (Fsp3) is 0.625. The Bertz CT molecular complexity index is 504. The van der Waals surface area contributed by atoms with E-state index < -0.39 is 6.41 Å². The van der Waals surface area contributed by atoms with Crippen LogP contribution < -0.4 is 4.90 Å². The average molecular weight is 274 g/mol. The maximum absolute atomic E-state index is 9.75. The largest absolute Gasteiger partial charge is 0.351 e. The topological polar surface area (TPSA) is 35.9 Å². The van der Waals surface area contributed by atoms with Gasteiger partial charge in [0.25, 0.3) is 0 Å². The van der Waals surface area contributed by atoms with Gasteiger partial charge in [0.15, 0.2) is 0 Å². The van der Waals surface area contributed by atoms with Gasteiger partial charge < -0.3 is 19.6 Å². The van der Waals surface area contributed by atoms with Gasteiger partial charge in [-0.25, -0.2) is 0 Å². The minimum atomic E-state index is -0.783. The van der Waals surface area contributed by atoms with Crippen molar-refractivity contribution in [1.29, 1.82) is 0 Å². The Morgan fingerprint density at radius 1 is 1.35 bits per heavy atom. The lowest BCUT2D eigenvalue weighted by atomic mass is 9.95. The number of hydrogen-bond acceptors (Lipinski definition) is 4. The molecule has 3 unspecified atom stereocenters. The second kappa shape index (κ2) is 4.45. The van der Waals surface area contributed by atoms with Crippen molar-refractivity contribution in [2.75, 3.05) is 37.7 Å². The van der Waals surface area contributed by atoms with Gasteiger partial charge in [-0.2, -0.15) is 0 Å². The molecule has 0 spiro atoms. The van der Waals surface area contributed by atoms with Crippen LogP contribution in [0.4, 0.5) is 5.69 Å². The first-order valence-electron chi connectivity index (χ1n) is 7.62. The highest BCUT2D eigenvalue weighted by atomic mass is 16.6. The summed E-state index contributed by atoms with van der Waals surface area (Å²) in [7, 11) is 0. The van der Waals surface area contributed by atoms with Crippen molar-refractivity contribution in [3.8, 4) is 0 Å². The van der Waals surface area contributed by atoms with Gasteiger partial charge in [0.2, 0.25) is 6.41 Å². The molecule has 1 aromatic carbocycles. The zero-order chi connectivity index (χ0) is 13.7. The fourth-order valence-corrected chi connectivity index (χ4v) is 3.97. The Labute approximate surface area is 119 Å². The summed E-state index contributed by atoms with van der Waals surface area (Å²) in [6.07, 6.45) is 0.563. The van der Waals surface area contributed by atoms with E-state index in [-0.39, 0.29) is 0 Å². The highest BCUT2D eigenvalue weighted by Crippen LogP contribution is 2.59. The molecule has 3 fully saturated rings. The molecule has 4 nitrogen and oxygen atoms in total. The first kappa shape index (κ1) is 12.6. The van der Waals surface area contributed by atoms with Crippen LogP contribution in [0, 0.1) is 5.92 Å². The number of benzene rings is 1. The van der Waals surface area contributed by atoms with Gasteiger partial charge in [0, 0.05) is 30.7 Å². The number of aliphatic hydroxyl groups excluding tert-OH is 1. The third-order valence-corrected chi connectivity index (χ3v) is 5.30. The molecule has 1 aromatic rings. The number of piperidine rings is 1. The standard InChI is InChI=1S/C16H22N2O2/c1-2-17-10-13-9-16(13,11-17)12-3-5-14(6-4-12)18-7-8-20-15(18)19/h3-6,13,15,19H,2,7-11H2,1H3. The van der Waals surface area contributed by atoms with Crippen LogP contribution >= 0.6 is 0 Å². The Balaban J connectivity index is 1.54. The quantitative estimate of drug-likeness (QED) is 0.903. The lowest BCUT2D eigenvalue weighted by molar-refractivity contribution is -0.0573. The molecule has 4 heteroatoms. The van der Waals surface area contributed by atoms with Crippen molar-refractivity contribution in [1.82, 2.24) is 4.90 Å². The summed E-state index contributed by atoms with van der Waals surface area (Å²) in [5.74, 6) is 0.856. The van der Waals surface area contributed by atoms with Crippen LogP contribution in [-0.2, 0) is 10.2 Å².